The van der Waals surface area contributed by atoms with E-state index in [4.69, 9.17) is 14.6 Å². The van der Waals surface area contributed by atoms with Gasteiger partial charge < -0.3 is 9.47 Å². The third kappa shape index (κ3) is 2.98. The van der Waals surface area contributed by atoms with Gasteiger partial charge in [0, 0.05) is 5.56 Å². The number of hydrogen-bond acceptors (Lipinski definition) is 4. The van der Waals surface area contributed by atoms with Gasteiger partial charge in [-0.1, -0.05) is 6.07 Å². The highest BCUT2D eigenvalue weighted by atomic mass is 32.2. The molecule has 0 saturated heterocycles. The fourth-order valence-electron chi connectivity index (χ4n) is 1.99. The van der Waals surface area contributed by atoms with Gasteiger partial charge in [0.25, 0.3) is 0 Å². The fourth-order valence-corrected chi connectivity index (χ4v) is 2.52. The van der Waals surface area contributed by atoms with E-state index in [-0.39, 0.29) is 10.5 Å². The summed E-state index contributed by atoms with van der Waals surface area (Å²) in [6, 6.07) is 8.46. The van der Waals surface area contributed by atoms with Crippen molar-refractivity contribution < 1.29 is 22.3 Å². The Kier molecular flexibility index (Phi) is 4.15. The summed E-state index contributed by atoms with van der Waals surface area (Å²) in [6.45, 7) is 0. The Morgan fingerprint density at radius 3 is 2.05 bits per heavy atom. The van der Waals surface area contributed by atoms with Crippen LogP contribution in [0.2, 0.25) is 0 Å². The first kappa shape index (κ1) is 15.3. The lowest BCUT2D eigenvalue weighted by atomic mass is 10.0. The molecule has 0 atom stereocenters. The normalized spacial score (nSPS) is 11.2. The van der Waals surface area contributed by atoms with Gasteiger partial charge in [0.2, 0.25) is 10.0 Å². The van der Waals surface area contributed by atoms with Gasteiger partial charge in [0.05, 0.1) is 24.7 Å². The van der Waals surface area contributed by atoms with Crippen molar-refractivity contribution in [2.75, 3.05) is 14.2 Å². The molecule has 0 aliphatic heterocycles. The van der Waals surface area contributed by atoms with Gasteiger partial charge in [0.1, 0.15) is 17.3 Å². The maximum atomic E-state index is 14.3. The molecule has 2 rings (SSSR count). The van der Waals surface area contributed by atoms with E-state index in [1.165, 1.54) is 26.4 Å². The van der Waals surface area contributed by atoms with Crippen LogP contribution in [0.15, 0.2) is 41.3 Å². The molecule has 0 fully saturated rings. The molecule has 112 valence electrons. The number of halogens is 1. The average Bonchev–Trinajstić information content (AvgIpc) is 2.45. The van der Waals surface area contributed by atoms with Crippen molar-refractivity contribution in [3.05, 3.63) is 42.2 Å². The maximum Gasteiger partial charge on any atom is 0.238 e. The average molecular weight is 311 g/mol. The molecule has 7 heteroatoms. The molecule has 2 N–H and O–H groups in total. The quantitative estimate of drug-likeness (QED) is 0.938. The lowest BCUT2D eigenvalue weighted by Crippen LogP contribution is -2.12. The molecule has 0 radical (unpaired) electrons. The summed E-state index contributed by atoms with van der Waals surface area (Å²) in [5.74, 6) is 0.0949. The molecule has 0 bridgehead atoms. The second-order valence-corrected chi connectivity index (χ2v) is 5.79. The number of primary sulfonamides is 1. The Bertz CT molecular complexity index is 752. The number of ether oxygens (including phenoxy) is 2. The lowest BCUT2D eigenvalue weighted by Gasteiger charge is -2.14. The van der Waals surface area contributed by atoms with E-state index in [0.717, 1.165) is 6.07 Å². The van der Waals surface area contributed by atoms with Gasteiger partial charge in [-0.25, -0.2) is 17.9 Å². The van der Waals surface area contributed by atoms with E-state index in [0.29, 0.717) is 17.1 Å². The Morgan fingerprint density at radius 2 is 1.62 bits per heavy atom. The highest BCUT2D eigenvalue weighted by molar-refractivity contribution is 7.89. The molecule has 0 unspecified atom stereocenters. The van der Waals surface area contributed by atoms with Crippen molar-refractivity contribution in [3.8, 4) is 22.6 Å². The van der Waals surface area contributed by atoms with E-state index in [1.807, 2.05) is 0 Å². The number of nitrogens with two attached hydrogens (primary N) is 1. The largest absolute Gasteiger partial charge is 0.496 e. The van der Waals surface area contributed by atoms with Gasteiger partial charge in [-0.15, -0.1) is 0 Å². The second kappa shape index (κ2) is 5.71. The molecule has 21 heavy (non-hydrogen) atoms. The molecule has 0 amide bonds. The minimum absolute atomic E-state index is 0.164. The number of sulfonamides is 1. The van der Waals surface area contributed by atoms with E-state index < -0.39 is 15.8 Å². The van der Waals surface area contributed by atoms with Crippen LogP contribution >= 0.6 is 0 Å². The van der Waals surface area contributed by atoms with Crippen molar-refractivity contribution in [3.63, 3.8) is 0 Å². The zero-order valence-electron chi connectivity index (χ0n) is 11.5. The smallest absolute Gasteiger partial charge is 0.238 e. The van der Waals surface area contributed by atoms with Crippen LogP contribution in [0.25, 0.3) is 11.1 Å². The highest BCUT2D eigenvalue weighted by Crippen LogP contribution is 2.39. The highest BCUT2D eigenvalue weighted by Gasteiger charge is 2.18. The van der Waals surface area contributed by atoms with Crippen LogP contribution in [-0.4, -0.2) is 22.6 Å². The second-order valence-electron chi connectivity index (χ2n) is 4.22. The van der Waals surface area contributed by atoms with Crippen LogP contribution in [0.5, 0.6) is 11.5 Å². The summed E-state index contributed by atoms with van der Waals surface area (Å²) in [4.78, 5) is -0.294. The molecule has 0 saturated carbocycles. The van der Waals surface area contributed by atoms with Crippen molar-refractivity contribution in [2.45, 2.75) is 4.90 Å². The number of hydrogen-bond donors (Lipinski definition) is 1. The molecule has 5 nitrogen and oxygen atoms in total. The summed E-state index contributed by atoms with van der Waals surface area (Å²) in [7, 11) is -1.05. The van der Waals surface area contributed by atoms with Crippen molar-refractivity contribution in [1.82, 2.24) is 0 Å². The van der Waals surface area contributed by atoms with Crippen molar-refractivity contribution in [1.29, 1.82) is 0 Å². The van der Waals surface area contributed by atoms with E-state index >= 15 is 0 Å². The SMILES string of the molecule is COc1cccc(OC)c1-c1ccc(S(N)(=O)=O)cc1F. The minimum atomic E-state index is -3.96. The van der Waals surface area contributed by atoms with Crippen LogP contribution in [-0.2, 0) is 10.0 Å². The Morgan fingerprint density at radius 1 is 1.05 bits per heavy atom. The Hall–Kier alpha value is -2.12. The first-order chi connectivity index (χ1) is 9.88. The summed E-state index contributed by atoms with van der Waals surface area (Å²) in [5, 5.41) is 4.98. The van der Waals surface area contributed by atoms with Gasteiger partial charge in [-0.3, -0.25) is 0 Å². The van der Waals surface area contributed by atoms with E-state index in [2.05, 4.69) is 0 Å². The summed E-state index contributed by atoms with van der Waals surface area (Å²) < 4.78 is 47.2. The standard InChI is InChI=1S/C14H14FNO4S/c1-19-12-4-3-5-13(20-2)14(12)10-7-6-9(8-11(10)15)21(16,17)18/h3-8H,1-2H3,(H2,16,17,18). The molecule has 0 heterocycles. The minimum Gasteiger partial charge on any atom is -0.496 e. The topological polar surface area (TPSA) is 78.6 Å². The van der Waals surface area contributed by atoms with Gasteiger partial charge in [0.15, 0.2) is 0 Å². The molecular weight excluding hydrogens is 297 g/mol. The Balaban J connectivity index is 2.68. The molecule has 0 aliphatic rings. The van der Waals surface area contributed by atoms with Crippen LogP contribution in [0, 0.1) is 5.82 Å². The van der Waals surface area contributed by atoms with E-state index in [9.17, 15) is 12.8 Å². The zero-order chi connectivity index (χ0) is 15.6. The summed E-state index contributed by atoms with van der Waals surface area (Å²) in [5.41, 5.74) is 0.567. The van der Waals surface area contributed by atoms with Crippen LogP contribution in [0.3, 0.4) is 0 Å². The lowest BCUT2D eigenvalue weighted by molar-refractivity contribution is 0.397. The van der Waals surface area contributed by atoms with Gasteiger partial charge in [-0.2, -0.15) is 0 Å². The molecule has 2 aromatic carbocycles. The summed E-state index contributed by atoms with van der Waals surface area (Å²) >= 11 is 0. The maximum absolute atomic E-state index is 14.3. The first-order valence-corrected chi connectivity index (χ1v) is 7.47. The van der Waals surface area contributed by atoms with Crippen molar-refractivity contribution >= 4 is 10.0 Å². The predicted octanol–water partition coefficient (Wildman–Crippen LogP) is 2.16. The molecule has 0 aliphatic carbocycles. The first-order valence-electron chi connectivity index (χ1n) is 5.92. The number of methoxy groups -OCH3 is 2. The molecule has 0 spiro atoms. The van der Waals surface area contributed by atoms with Crippen LogP contribution in [0.4, 0.5) is 4.39 Å². The monoisotopic (exact) mass is 311 g/mol. The van der Waals surface area contributed by atoms with Gasteiger partial charge >= 0.3 is 0 Å². The zero-order valence-corrected chi connectivity index (χ0v) is 12.3. The third-order valence-electron chi connectivity index (χ3n) is 2.97. The fraction of sp³-hybridized carbons (Fsp3) is 0.143. The van der Waals surface area contributed by atoms with Crippen LogP contribution in [0.1, 0.15) is 0 Å². The summed E-state index contributed by atoms with van der Waals surface area (Å²) in [6.07, 6.45) is 0. The van der Waals surface area contributed by atoms with Crippen molar-refractivity contribution in [2.24, 2.45) is 5.14 Å². The number of rotatable bonds is 4. The molecule has 0 aromatic heterocycles. The van der Waals surface area contributed by atoms with Gasteiger partial charge in [-0.05, 0) is 30.3 Å². The molecule has 2 aromatic rings. The third-order valence-corrected chi connectivity index (χ3v) is 3.88. The van der Waals surface area contributed by atoms with E-state index in [1.54, 1.807) is 18.2 Å². The predicted molar refractivity (Wildman–Crippen MR) is 76.3 cm³/mol. The number of benzene rings is 2. The Labute approximate surface area is 122 Å². The molecular formula is C14H14FNO4S. The van der Waals surface area contributed by atoms with Crippen LogP contribution < -0.4 is 14.6 Å².